The highest BCUT2D eigenvalue weighted by molar-refractivity contribution is 5.86. The maximum Gasteiger partial charge on any atom is 0.151 e. The summed E-state index contributed by atoms with van der Waals surface area (Å²) in [4.78, 5) is 11.3. The Bertz CT molecular complexity index is 432. The van der Waals surface area contributed by atoms with Gasteiger partial charge in [-0.1, -0.05) is 19.1 Å². The highest BCUT2D eigenvalue weighted by atomic mass is 16.5. The van der Waals surface area contributed by atoms with Crippen LogP contribution in [0.2, 0.25) is 0 Å². The molecule has 3 nitrogen and oxygen atoms in total. The van der Waals surface area contributed by atoms with Crippen LogP contribution in [0.5, 0.6) is 5.75 Å². The monoisotopic (exact) mass is 217 g/mol. The molecule has 0 saturated carbocycles. The summed E-state index contributed by atoms with van der Waals surface area (Å²) in [6.07, 6.45) is 0.813. The van der Waals surface area contributed by atoms with Crippen molar-refractivity contribution in [3.05, 3.63) is 29.3 Å². The van der Waals surface area contributed by atoms with Crippen LogP contribution in [-0.2, 0) is 11.2 Å². The Labute approximate surface area is 95.7 Å². The van der Waals surface area contributed by atoms with Crippen molar-refractivity contribution in [2.75, 3.05) is 7.11 Å². The molecule has 1 aromatic rings. The first-order valence-electron chi connectivity index (χ1n) is 5.20. The zero-order valence-electron chi connectivity index (χ0n) is 9.78. The Hall–Kier alpha value is -1.82. The average Bonchev–Trinajstić information content (AvgIpc) is 2.29. The first-order chi connectivity index (χ1) is 7.63. The molecule has 1 aromatic carbocycles. The van der Waals surface area contributed by atoms with Gasteiger partial charge in [0.2, 0.25) is 0 Å². The highest BCUT2D eigenvalue weighted by Crippen LogP contribution is 2.25. The number of hydrogen-bond donors (Lipinski definition) is 0. The maximum atomic E-state index is 11.3. The van der Waals surface area contributed by atoms with E-state index in [1.54, 1.807) is 19.2 Å². The van der Waals surface area contributed by atoms with Crippen molar-refractivity contribution in [2.24, 2.45) is 0 Å². The van der Waals surface area contributed by atoms with Crippen LogP contribution in [0.15, 0.2) is 18.2 Å². The number of aryl methyl sites for hydroxylation is 1. The van der Waals surface area contributed by atoms with Crippen LogP contribution in [-0.4, -0.2) is 12.9 Å². The largest absolute Gasteiger partial charge is 0.496 e. The number of nitriles is 1. The van der Waals surface area contributed by atoms with E-state index in [1.165, 1.54) is 6.92 Å². The van der Waals surface area contributed by atoms with Gasteiger partial charge in [-0.3, -0.25) is 4.79 Å². The standard InChI is InChI=1S/C13H15NO2/c1-4-10-7-11(5-6-13(10)16-3)12(8-14)9(2)15/h5-7,12H,4H2,1-3H3/t12-/m0/s1. The second-order valence-electron chi connectivity index (χ2n) is 3.60. The molecule has 3 heteroatoms. The molecule has 0 aromatic heterocycles. The van der Waals surface area contributed by atoms with Gasteiger partial charge in [0.15, 0.2) is 5.78 Å². The number of Topliss-reactive ketones (excluding diaryl/α,β-unsaturated/α-hetero) is 1. The van der Waals surface area contributed by atoms with Gasteiger partial charge in [-0.15, -0.1) is 0 Å². The van der Waals surface area contributed by atoms with Crippen LogP contribution in [0, 0.1) is 11.3 Å². The minimum Gasteiger partial charge on any atom is -0.496 e. The van der Waals surface area contributed by atoms with Gasteiger partial charge in [0.1, 0.15) is 11.7 Å². The van der Waals surface area contributed by atoms with Gasteiger partial charge in [-0.05, 0) is 30.5 Å². The molecule has 0 aliphatic rings. The van der Waals surface area contributed by atoms with Crippen molar-refractivity contribution in [1.82, 2.24) is 0 Å². The van der Waals surface area contributed by atoms with E-state index in [9.17, 15) is 4.79 Å². The minimum atomic E-state index is -0.670. The second kappa shape index (κ2) is 5.32. The van der Waals surface area contributed by atoms with E-state index in [0.717, 1.165) is 23.3 Å². The lowest BCUT2D eigenvalue weighted by molar-refractivity contribution is -0.117. The number of benzene rings is 1. The predicted molar refractivity (Wildman–Crippen MR) is 61.4 cm³/mol. The summed E-state index contributed by atoms with van der Waals surface area (Å²) in [5.41, 5.74) is 1.76. The van der Waals surface area contributed by atoms with Crippen molar-refractivity contribution in [1.29, 1.82) is 5.26 Å². The van der Waals surface area contributed by atoms with Gasteiger partial charge < -0.3 is 4.74 Å². The molecule has 0 N–H and O–H groups in total. The fraction of sp³-hybridized carbons (Fsp3) is 0.385. The van der Waals surface area contributed by atoms with Crippen LogP contribution in [0.3, 0.4) is 0 Å². The molecule has 0 amide bonds. The Kier molecular flexibility index (Phi) is 4.07. The zero-order valence-corrected chi connectivity index (χ0v) is 9.78. The van der Waals surface area contributed by atoms with Crippen LogP contribution in [0.25, 0.3) is 0 Å². The summed E-state index contributed by atoms with van der Waals surface area (Å²) in [7, 11) is 1.61. The first kappa shape index (κ1) is 12.3. The van der Waals surface area contributed by atoms with Crippen LogP contribution in [0.4, 0.5) is 0 Å². The van der Waals surface area contributed by atoms with E-state index < -0.39 is 5.92 Å². The maximum absolute atomic E-state index is 11.3. The molecule has 0 fully saturated rings. The van der Waals surface area contributed by atoms with Crippen molar-refractivity contribution >= 4 is 5.78 Å². The lowest BCUT2D eigenvalue weighted by atomic mass is 9.94. The smallest absolute Gasteiger partial charge is 0.151 e. The Morgan fingerprint density at radius 1 is 1.56 bits per heavy atom. The van der Waals surface area contributed by atoms with E-state index in [4.69, 9.17) is 10.00 Å². The fourth-order valence-corrected chi connectivity index (χ4v) is 1.65. The van der Waals surface area contributed by atoms with Gasteiger partial charge in [0.25, 0.3) is 0 Å². The van der Waals surface area contributed by atoms with Crippen molar-refractivity contribution in [2.45, 2.75) is 26.2 Å². The molecule has 0 aliphatic heterocycles. The fourth-order valence-electron chi connectivity index (χ4n) is 1.65. The summed E-state index contributed by atoms with van der Waals surface area (Å²) in [5.74, 6) is -0.00239. The number of methoxy groups -OCH3 is 1. The van der Waals surface area contributed by atoms with Crippen LogP contribution in [0.1, 0.15) is 30.9 Å². The number of rotatable bonds is 4. The van der Waals surface area contributed by atoms with Gasteiger partial charge in [0.05, 0.1) is 13.2 Å². The lowest BCUT2D eigenvalue weighted by Crippen LogP contribution is -2.07. The third-order valence-corrected chi connectivity index (χ3v) is 2.55. The quantitative estimate of drug-likeness (QED) is 0.778. The van der Waals surface area contributed by atoms with E-state index in [1.807, 2.05) is 19.1 Å². The van der Waals surface area contributed by atoms with E-state index in [-0.39, 0.29) is 5.78 Å². The molecule has 1 atom stereocenters. The molecule has 1 rings (SSSR count). The number of nitrogens with zero attached hydrogens (tertiary/aromatic N) is 1. The SMILES string of the molecule is CCc1cc([C@@H](C#N)C(C)=O)ccc1OC. The summed E-state index contributed by atoms with van der Waals surface area (Å²) in [6, 6.07) is 7.46. The molecule has 0 heterocycles. The third kappa shape index (κ3) is 2.40. The number of carbonyl (C=O) groups is 1. The average molecular weight is 217 g/mol. The molecule has 0 spiro atoms. The minimum absolute atomic E-state index is 0.130. The first-order valence-corrected chi connectivity index (χ1v) is 5.20. The predicted octanol–water partition coefficient (Wildman–Crippen LogP) is 2.45. The molecule has 0 unspecified atom stereocenters. The molecular weight excluding hydrogens is 202 g/mol. The van der Waals surface area contributed by atoms with Crippen LogP contribution >= 0.6 is 0 Å². The molecule has 0 bridgehead atoms. The third-order valence-electron chi connectivity index (χ3n) is 2.55. The van der Waals surface area contributed by atoms with Gasteiger partial charge >= 0.3 is 0 Å². The number of hydrogen-bond acceptors (Lipinski definition) is 3. The second-order valence-corrected chi connectivity index (χ2v) is 3.60. The number of ether oxygens (including phenoxy) is 1. The van der Waals surface area contributed by atoms with Gasteiger partial charge in [-0.25, -0.2) is 0 Å². The Balaban J connectivity index is 3.17. The highest BCUT2D eigenvalue weighted by Gasteiger charge is 2.16. The topological polar surface area (TPSA) is 50.1 Å². The number of ketones is 1. The summed E-state index contributed by atoms with van der Waals surface area (Å²) in [6.45, 7) is 3.44. The Morgan fingerprint density at radius 2 is 2.25 bits per heavy atom. The van der Waals surface area contributed by atoms with Crippen LogP contribution < -0.4 is 4.74 Å². The molecule has 16 heavy (non-hydrogen) atoms. The van der Waals surface area contributed by atoms with Crippen molar-refractivity contribution in [3.8, 4) is 11.8 Å². The summed E-state index contributed by atoms with van der Waals surface area (Å²) >= 11 is 0. The number of carbonyl (C=O) groups excluding carboxylic acids is 1. The van der Waals surface area contributed by atoms with E-state index in [2.05, 4.69) is 0 Å². The lowest BCUT2D eigenvalue weighted by Gasteiger charge is -2.11. The summed E-state index contributed by atoms with van der Waals surface area (Å²) in [5, 5.41) is 8.94. The van der Waals surface area contributed by atoms with Crippen molar-refractivity contribution in [3.63, 3.8) is 0 Å². The molecule has 0 radical (unpaired) electrons. The van der Waals surface area contributed by atoms with Crippen molar-refractivity contribution < 1.29 is 9.53 Å². The van der Waals surface area contributed by atoms with E-state index in [0.29, 0.717) is 0 Å². The molecular formula is C13H15NO2. The molecule has 0 saturated heterocycles. The molecule has 84 valence electrons. The summed E-state index contributed by atoms with van der Waals surface area (Å²) < 4.78 is 5.20. The molecule has 0 aliphatic carbocycles. The normalized spacial score (nSPS) is 11.6. The van der Waals surface area contributed by atoms with E-state index >= 15 is 0 Å². The zero-order chi connectivity index (χ0) is 12.1. The Morgan fingerprint density at radius 3 is 2.69 bits per heavy atom. The van der Waals surface area contributed by atoms with Gasteiger partial charge in [-0.2, -0.15) is 5.26 Å². The van der Waals surface area contributed by atoms with Gasteiger partial charge in [0, 0.05) is 0 Å².